The summed E-state index contributed by atoms with van der Waals surface area (Å²) in [5, 5.41) is 0.164. The molecule has 1 heterocycles. The molecule has 1 aliphatic carbocycles. The molecule has 3 rings (SSSR count). The fourth-order valence-electron chi connectivity index (χ4n) is 3.12. The minimum Gasteiger partial charge on any atom is -0.273 e. The second-order valence-corrected chi connectivity index (χ2v) is 8.93. The van der Waals surface area contributed by atoms with Gasteiger partial charge in [0.25, 0.3) is 5.24 Å². The van der Waals surface area contributed by atoms with Gasteiger partial charge in [0, 0.05) is 11.1 Å². The quantitative estimate of drug-likeness (QED) is 0.857. The lowest BCUT2D eigenvalue weighted by atomic mass is 9.90. The minimum absolute atomic E-state index is 0.115. The fraction of sp³-hybridized carbons (Fsp3) is 0.467. The van der Waals surface area contributed by atoms with Gasteiger partial charge in [0.15, 0.2) is 0 Å². The molecule has 24 heavy (non-hydrogen) atoms. The van der Waals surface area contributed by atoms with E-state index in [4.69, 9.17) is 11.6 Å². The lowest BCUT2D eigenvalue weighted by molar-refractivity contribution is -0.127. The van der Waals surface area contributed by atoms with Gasteiger partial charge in [-0.2, -0.15) is 0 Å². The molecule has 2 amide bonds. The lowest BCUT2D eigenvalue weighted by Gasteiger charge is -2.36. The van der Waals surface area contributed by atoms with E-state index >= 15 is 0 Å². The van der Waals surface area contributed by atoms with Crippen molar-refractivity contribution in [2.45, 2.75) is 42.7 Å². The van der Waals surface area contributed by atoms with Crippen LogP contribution in [0.3, 0.4) is 0 Å². The summed E-state index contributed by atoms with van der Waals surface area (Å²) in [5.41, 5.74) is 0. The van der Waals surface area contributed by atoms with E-state index in [0.29, 0.717) is 17.9 Å². The highest BCUT2D eigenvalue weighted by molar-refractivity contribution is 8.14. The summed E-state index contributed by atoms with van der Waals surface area (Å²) in [6, 6.07) is 5.01. The molecule has 1 aromatic carbocycles. The zero-order chi connectivity index (χ0) is 17.3. The Morgan fingerprint density at radius 2 is 1.79 bits per heavy atom. The average molecular weight is 389 g/mol. The number of nitrogens with one attached hydrogen (secondary N) is 1. The molecule has 1 saturated carbocycles. The van der Waals surface area contributed by atoms with Gasteiger partial charge in [0.1, 0.15) is 0 Å². The van der Waals surface area contributed by atoms with Crippen LogP contribution in [0.5, 0.6) is 0 Å². The molecule has 1 aliphatic heterocycles. The Labute approximate surface area is 150 Å². The Kier molecular flexibility index (Phi) is 5.19. The molecule has 0 unspecified atom stereocenters. The van der Waals surface area contributed by atoms with Gasteiger partial charge in [-0.1, -0.05) is 36.2 Å². The number of halogens is 1. The molecule has 0 aromatic heterocycles. The number of benzene rings is 1. The van der Waals surface area contributed by atoms with Crippen LogP contribution in [0.25, 0.3) is 0 Å². The van der Waals surface area contributed by atoms with Gasteiger partial charge in [-0.05, 0) is 37.1 Å². The van der Waals surface area contributed by atoms with E-state index in [0.717, 1.165) is 24.6 Å². The summed E-state index contributed by atoms with van der Waals surface area (Å²) >= 11 is 6.77. The molecule has 0 radical (unpaired) electrons. The standard InChI is InChI=1S/C15H17ClN2O4S2/c16-10-5-7-11(8-6-10)24(21,22)17-12-3-1-2-4-13(12)18-14(19)9-23-15(18)20/h5-8,12-13,17H,1-4,9H2/t12-,13+/m1/s1. The lowest BCUT2D eigenvalue weighted by Crippen LogP contribution is -2.54. The van der Waals surface area contributed by atoms with Crippen molar-refractivity contribution in [3.8, 4) is 0 Å². The van der Waals surface area contributed by atoms with Crippen molar-refractivity contribution >= 4 is 44.5 Å². The molecular formula is C15H17ClN2O4S2. The van der Waals surface area contributed by atoms with E-state index in [1.807, 2.05) is 0 Å². The van der Waals surface area contributed by atoms with Crippen molar-refractivity contribution in [2.75, 3.05) is 5.75 Å². The molecule has 2 fully saturated rings. The number of imide groups is 1. The van der Waals surface area contributed by atoms with E-state index in [1.54, 1.807) is 0 Å². The predicted molar refractivity (Wildman–Crippen MR) is 92.5 cm³/mol. The number of carbonyl (C=O) groups is 2. The zero-order valence-electron chi connectivity index (χ0n) is 12.8. The maximum atomic E-state index is 12.6. The third-order valence-electron chi connectivity index (χ3n) is 4.28. The summed E-state index contributed by atoms with van der Waals surface area (Å²) in [6.45, 7) is 0. The summed E-state index contributed by atoms with van der Waals surface area (Å²) in [4.78, 5) is 25.3. The molecule has 130 valence electrons. The molecule has 9 heteroatoms. The minimum atomic E-state index is -3.74. The van der Waals surface area contributed by atoms with Crippen LogP contribution in [-0.4, -0.2) is 42.3 Å². The smallest absolute Gasteiger partial charge is 0.273 e. The second-order valence-electron chi connectivity index (χ2n) is 5.85. The van der Waals surface area contributed by atoms with Gasteiger partial charge in [0.05, 0.1) is 16.7 Å². The Morgan fingerprint density at radius 1 is 1.12 bits per heavy atom. The van der Waals surface area contributed by atoms with Crippen molar-refractivity contribution in [3.05, 3.63) is 29.3 Å². The van der Waals surface area contributed by atoms with Gasteiger partial charge in [-0.3, -0.25) is 14.5 Å². The predicted octanol–water partition coefficient (Wildman–Crippen LogP) is 2.62. The van der Waals surface area contributed by atoms with Gasteiger partial charge < -0.3 is 0 Å². The van der Waals surface area contributed by atoms with Crippen LogP contribution < -0.4 is 4.72 Å². The molecule has 1 aromatic rings. The Morgan fingerprint density at radius 3 is 2.42 bits per heavy atom. The fourth-order valence-corrected chi connectivity index (χ4v) is 5.32. The maximum Gasteiger partial charge on any atom is 0.289 e. The van der Waals surface area contributed by atoms with Crippen LogP contribution in [-0.2, 0) is 14.8 Å². The van der Waals surface area contributed by atoms with Crippen LogP contribution in [0.1, 0.15) is 25.7 Å². The number of sulfonamides is 1. The third kappa shape index (κ3) is 3.61. The van der Waals surface area contributed by atoms with E-state index in [1.165, 1.54) is 29.2 Å². The van der Waals surface area contributed by atoms with E-state index < -0.39 is 22.1 Å². The number of thioether (sulfide) groups is 1. The monoisotopic (exact) mass is 388 g/mol. The number of rotatable bonds is 4. The van der Waals surface area contributed by atoms with Crippen molar-refractivity contribution in [1.82, 2.24) is 9.62 Å². The van der Waals surface area contributed by atoms with Crippen LogP contribution in [0.4, 0.5) is 4.79 Å². The highest BCUT2D eigenvalue weighted by atomic mass is 35.5. The maximum absolute atomic E-state index is 12.6. The average Bonchev–Trinajstić information content (AvgIpc) is 2.87. The summed E-state index contributed by atoms with van der Waals surface area (Å²) in [6.07, 6.45) is 2.93. The number of amides is 2. The van der Waals surface area contributed by atoms with Crippen LogP contribution in [0, 0.1) is 0 Å². The number of hydrogen-bond acceptors (Lipinski definition) is 5. The second kappa shape index (κ2) is 7.03. The van der Waals surface area contributed by atoms with E-state index in [9.17, 15) is 18.0 Å². The summed E-state index contributed by atoms with van der Waals surface area (Å²) < 4.78 is 27.8. The molecule has 2 atom stereocenters. The first-order valence-electron chi connectivity index (χ1n) is 7.65. The van der Waals surface area contributed by atoms with Crippen LogP contribution in [0.15, 0.2) is 29.2 Å². The van der Waals surface area contributed by atoms with Gasteiger partial charge in [-0.25, -0.2) is 13.1 Å². The van der Waals surface area contributed by atoms with Gasteiger partial charge in [0.2, 0.25) is 15.9 Å². The molecule has 0 bridgehead atoms. The SMILES string of the molecule is O=C1CSC(=O)N1[C@H]1CCCC[C@H]1NS(=O)(=O)c1ccc(Cl)cc1. The Bertz CT molecular complexity index is 735. The number of hydrogen-bond donors (Lipinski definition) is 1. The topological polar surface area (TPSA) is 83.6 Å². The highest BCUT2D eigenvalue weighted by Gasteiger charge is 2.41. The first-order chi connectivity index (χ1) is 11.4. The largest absolute Gasteiger partial charge is 0.289 e. The normalized spacial score (nSPS) is 25.3. The Balaban J connectivity index is 1.82. The molecule has 0 spiro atoms. The highest BCUT2D eigenvalue weighted by Crippen LogP contribution is 2.30. The van der Waals surface area contributed by atoms with E-state index in [-0.39, 0.29) is 21.8 Å². The van der Waals surface area contributed by atoms with Crippen molar-refractivity contribution < 1.29 is 18.0 Å². The molecular weight excluding hydrogens is 372 g/mol. The van der Waals surface area contributed by atoms with Crippen molar-refractivity contribution in [1.29, 1.82) is 0 Å². The van der Waals surface area contributed by atoms with E-state index in [2.05, 4.69) is 4.72 Å². The zero-order valence-corrected chi connectivity index (χ0v) is 15.2. The van der Waals surface area contributed by atoms with Gasteiger partial charge >= 0.3 is 0 Å². The first-order valence-corrected chi connectivity index (χ1v) is 10.5. The molecule has 1 N–H and O–H groups in total. The van der Waals surface area contributed by atoms with Crippen LogP contribution in [0.2, 0.25) is 5.02 Å². The molecule has 6 nitrogen and oxygen atoms in total. The van der Waals surface area contributed by atoms with Gasteiger partial charge in [-0.15, -0.1) is 0 Å². The van der Waals surface area contributed by atoms with Crippen molar-refractivity contribution in [3.63, 3.8) is 0 Å². The number of carbonyl (C=O) groups excluding carboxylic acids is 2. The summed E-state index contributed by atoms with van der Waals surface area (Å²) in [5.74, 6) is -0.112. The first kappa shape index (κ1) is 17.7. The Hall–Kier alpha value is -1.09. The third-order valence-corrected chi connectivity index (χ3v) is 6.87. The van der Waals surface area contributed by atoms with Crippen molar-refractivity contribution in [2.24, 2.45) is 0 Å². The summed E-state index contributed by atoms with van der Waals surface area (Å²) in [7, 11) is -3.74. The van der Waals surface area contributed by atoms with Crippen LogP contribution >= 0.6 is 23.4 Å². The molecule has 2 aliphatic rings. The molecule has 1 saturated heterocycles. The number of nitrogens with zero attached hydrogens (tertiary/aromatic N) is 1.